The maximum Gasteiger partial charge on any atom is 0.191 e. The molecule has 1 aliphatic heterocycles. The highest BCUT2D eigenvalue weighted by molar-refractivity contribution is 14.0. The van der Waals surface area contributed by atoms with Crippen LogP contribution >= 0.6 is 24.0 Å². The molecule has 2 rings (SSSR count). The van der Waals surface area contributed by atoms with Crippen LogP contribution in [-0.4, -0.2) is 57.7 Å². The summed E-state index contributed by atoms with van der Waals surface area (Å²) in [6, 6.07) is 6.38. The summed E-state index contributed by atoms with van der Waals surface area (Å²) in [5, 5.41) is 6.79. The predicted molar refractivity (Wildman–Crippen MR) is 117 cm³/mol. The van der Waals surface area contributed by atoms with Crippen LogP contribution in [0.4, 0.5) is 0 Å². The molecule has 0 amide bonds. The fraction of sp³-hybridized carbons (Fsp3) is 0.632. The van der Waals surface area contributed by atoms with Crippen molar-refractivity contribution in [2.24, 2.45) is 4.99 Å². The summed E-state index contributed by atoms with van der Waals surface area (Å²) in [6.07, 6.45) is 5.01. The first kappa shape index (κ1) is 22.0. The van der Waals surface area contributed by atoms with Crippen molar-refractivity contribution < 1.29 is 4.74 Å². The number of benzene rings is 1. The van der Waals surface area contributed by atoms with Crippen molar-refractivity contribution in [1.29, 1.82) is 0 Å². The second-order valence-electron chi connectivity index (χ2n) is 6.38. The number of halogens is 1. The van der Waals surface area contributed by atoms with Gasteiger partial charge in [0, 0.05) is 26.7 Å². The van der Waals surface area contributed by atoms with Gasteiger partial charge in [0.1, 0.15) is 5.75 Å². The molecule has 5 nitrogen and oxygen atoms in total. The fourth-order valence-electron chi connectivity index (χ4n) is 3.08. The van der Waals surface area contributed by atoms with Crippen molar-refractivity contribution in [1.82, 2.24) is 15.5 Å². The van der Waals surface area contributed by atoms with Crippen molar-refractivity contribution >= 4 is 29.9 Å². The van der Waals surface area contributed by atoms with Crippen LogP contribution in [-0.2, 0) is 6.42 Å². The molecule has 1 fully saturated rings. The summed E-state index contributed by atoms with van der Waals surface area (Å²) in [7, 11) is 3.55. The van der Waals surface area contributed by atoms with Gasteiger partial charge >= 0.3 is 0 Å². The molecule has 1 aromatic carbocycles. The van der Waals surface area contributed by atoms with Crippen LogP contribution < -0.4 is 15.4 Å². The van der Waals surface area contributed by atoms with Gasteiger partial charge in [-0.1, -0.05) is 18.6 Å². The Morgan fingerprint density at radius 2 is 1.88 bits per heavy atom. The van der Waals surface area contributed by atoms with E-state index in [4.69, 9.17) is 4.74 Å². The minimum atomic E-state index is 0. The number of aliphatic imine (C=N–C) groups is 1. The van der Waals surface area contributed by atoms with E-state index in [0.717, 1.165) is 37.8 Å². The average molecular weight is 460 g/mol. The molecule has 1 saturated heterocycles. The molecule has 1 aliphatic rings. The molecule has 25 heavy (non-hydrogen) atoms. The predicted octanol–water partition coefficient (Wildman–Crippen LogP) is 2.82. The van der Waals surface area contributed by atoms with E-state index >= 15 is 0 Å². The molecular weight excluding hydrogens is 427 g/mol. The Kier molecular flexibility index (Phi) is 10.9. The molecule has 0 aromatic heterocycles. The molecule has 0 bridgehead atoms. The molecule has 0 unspecified atom stereocenters. The highest BCUT2D eigenvalue weighted by atomic mass is 127. The first-order valence-corrected chi connectivity index (χ1v) is 9.03. The van der Waals surface area contributed by atoms with Gasteiger partial charge in [-0.2, -0.15) is 0 Å². The van der Waals surface area contributed by atoms with E-state index in [-0.39, 0.29) is 24.0 Å². The van der Waals surface area contributed by atoms with Gasteiger partial charge in [-0.15, -0.1) is 24.0 Å². The van der Waals surface area contributed by atoms with E-state index in [9.17, 15) is 0 Å². The van der Waals surface area contributed by atoms with E-state index in [1.165, 1.54) is 43.5 Å². The van der Waals surface area contributed by atoms with E-state index in [0.29, 0.717) is 0 Å². The lowest BCUT2D eigenvalue weighted by atomic mass is 10.1. The summed E-state index contributed by atoms with van der Waals surface area (Å²) >= 11 is 0. The fourth-order valence-corrected chi connectivity index (χ4v) is 3.08. The van der Waals surface area contributed by atoms with Gasteiger partial charge in [-0.05, 0) is 56.5 Å². The zero-order chi connectivity index (χ0) is 17.2. The first-order valence-electron chi connectivity index (χ1n) is 9.03. The number of ether oxygens (including phenoxy) is 1. The minimum absolute atomic E-state index is 0. The lowest BCUT2D eigenvalue weighted by molar-refractivity contribution is 0.232. The van der Waals surface area contributed by atoms with E-state index in [1.54, 1.807) is 7.11 Å². The number of likely N-dealkylation sites (tertiary alicyclic amines) is 1. The lowest BCUT2D eigenvalue weighted by Gasteiger charge is -2.26. The van der Waals surface area contributed by atoms with Crippen molar-refractivity contribution in [2.45, 2.75) is 32.6 Å². The van der Waals surface area contributed by atoms with Crippen molar-refractivity contribution in [3.8, 4) is 5.75 Å². The molecule has 1 aromatic rings. The normalized spacial score (nSPS) is 15.4. The standard InChI is InChI=1S/C19H32N4O.HI/c1-16-7-8-17(15-18(16)24-3)9-10-21-19(20-2)22-11-14-23-12-5-4-6-13-23;/h7-8,15H,4-6,9-14H2,1-3H3,(H2,20,21,22);1H. The Labute approximate surface area is 169 Å². The number of guanidine groups is 1. The second kappa shape index (κ2) is 12.4. The molecular formula is C19H33IN4O. The maximum atomic E-state index is 5.38. The first-order chi connectivity index (χ1) is 11.7. The minimum Gasteiger partial charge on any atom is -0.496 e. The number of nitrogens with zero attached hydrogens (tertiary/aromatic N) is 2. The van der Waals surface area contributed by atoms with Crippen LogP contribution in [0.25, 0.3) is 0 Å². The van der Waals surface area contributed by atoms with Crippen LogP contribution in [0.3, 0.4) is 0 Å². The van der Waals surface area contributed by atoms with Crippen molar-refractivity contribution in [2.75, 3.05) is 46.9 Å². The average Bonchev–Trinajstić information content (AvgIpc) is 2.62. The Bertz CT molecular complexity index is 530. The van der Waals surface area contributed by atoms with Crippen molar-refractivity contribution in [3.05, 3.63) is 29.3 Å². The van der Waals surface area contributed by atoms with Crippen LogP contribution in [0.1, 0.15) is 30.4 Å². The summed E-state index contributed by atoms with van der Waals surface area (Å²) < 4.78 is 5.38. The van der Waals surface area contributed by atoms with Gasteiger partial charge < -0.3 is 20.3 Å². The molecule has 0 spiro atoms. The number of hydrogen-bond acceptors (Lipinski definition) is 3. The number of rotatable bonds is 7. The van der Waals surface area contributed by atoms with Crippen LogP contribution in [0.15, 0.2) is 23.2 Å². The number of methoxy groups -OCH3 is 1. The molecule has 0 aliphatic carbocycles. The molecule has 2 N–H and O–H groups in total. The Morgan fingerprint density at radius 1 is 1.16 bits per heavy atom. The van der Waals surface area contributed by atoms with Crippen LogP contribution in [0.2, 0.25) is 0 Å². The lowest BCUT2D eigenvalue weighted by Crippen LogP contribution is -2.43. The van der Waals surface area contributed by atoms with Gasteiger partial charge in [0.2, 0.25) is 0 Å². The number of piperidine rings is 1. The van der Waals surface area contributed by atoms with E-state index in [2.05, 4.69) is 45.6 Å². The maximum absolute atomic E-state index is 5.38. The zero-order valence-electron chi connectivity index (χ0n) is 15.8. The number of hydrogen-bond donors (Lipinski definition) is 2. The Balaban J connectivity index is 0.00000312. The van der Waals surface area contributed by atoms with Crippen LogP contribution in [0, 0.1) is 6.92 Å². The molecule has 1 heterocycles. The quantitative estimate of drug-likeness (QED) is 0.373. The molecule has 0 radical (unpaired) electrons. The number of aryl methyl sites for hydroxylation is 1. The zero-order valence-corrected chi connectivity index (χ0v) is 18.1. The number of nitrogens with one attached hydrogen (secondary N) is 2. The third-order valence-corrected chi connectivity index (χ3v) is 4.57. The summed E-state index contributed by atoms with van der Waals surface area (Å²) in [5.74, 6) is 1.84. The van der Waals surface area contributed by atoms with Gasteiger partial charge in [0.25, 0.3) is 0 Å². The van der Waals surface area contributed by atoms with E-state index < -0.39 is 0 Å². The molecule has 0 saturated carbocycles. The summed E-state index contributed by atoms with van der Waals surface area (Å²) in [4.78, 5) is 6.83. The third kappa shape index (κ3) is 7.81. The van der Waals surface area contributed by atoms with Gasteiger partial charge in [-0.25, -0.2) is 0 Å². The van der Waals surface area contributed by atoms with E-state index in [1.807, 2.05) is 7.05 Å². The van der Waals surface area contributed by atoms with Gasteiger partial charge in [0.15, 0.2) is 5.96 Å². The summed E-state index contributed by atoms with van der Waals surface area (Å²) in [5.41, 5.74) is 2.44. The third-order valence-electron chi connectivity index (χ3n) is 4.57. The Morgan fingerprint density at radius 3 is 2.56 bits per heavy atom. The van der Waals surface area contributed by atoms with Crippen LogP contribution in [0.5, 0.6) is 5.75 Å². The smallest absolute Gasteiger partial charge is 0.191 e. The Hall–Kier alpha value is -1.02. The second-order valence-corrected chi connectivity index (χ2v) is 6.38. The van der Waals surface area contributed by atoms with Gasteiger partial charge in [0.05, 0.1) is 7.11 Å². The van der Waals surface area contributed by atoms with Crippen molar-refractivity contribution in [3.63, 3.8) is 0 Å². The largest absolute Gasteiger partial charge is 0.496 e. The molecule has 6 heteroatoms. The monoisotopic (exact) mass is 460 g/mol. The highest BCUT2D eigenvalue weighted by Crippen LogP contribution is 2.18. The highest BCUT2D eigenvalue weighted by Gasteiger charge is 2.09. The SMILES string of the molecule is CN=C(NCCc1ccc(C)c(OC)c1)NCCN1CCCCC1.I. The van der Waals surface area contributed by atoms with Gasteiger partial charge in [-0.3, -0.25) is 4.99 Å². The summed E-state index contributed by atoms with van der Waals surface area (Å²) in [6.45, 7) is 7.43. The topological polar surface area (TPSA) is 48.9 Å². The molecule has 142 valence electrons. The molecule has 0 atom stereocenters.